The third-order valence-electron chi connectivity index (χ3n) is 5.50. The first-order valence-electron chi connectivity index (χ1n) is 10.8. The van der Waals surface area contributed by atoms with Crippen molar-refractivity contribution in [1.82, 2.24) is 29.0 Å². The van der Waals surface area contributed by atoms with Gasteiger partial charge in [-0.05, 0) is 18.1 Å². The summed E-state index contributed by atoms with van der Waals surface area (Å²) < 4.78 is 40.2. The number of amides is 1. The van der Waals surface area contributed by atoms with Gasteiger partial charge in [-0.3, -0.25) is 4.57 Å². The number of imidazole rings is 1. The summed E-state index contributed by atoms with van der Waals surface area (Å²) in [5.41, 5.74) is 7.13. The molecule has 16 heteroatoms. The molecule has 3 heterocycles. The molecule has 2 aromatic heterocycles. The Kier molecular flexibility index (Phi) is 7.87. The molecule has 194 valence electrons. The highest BCUT2D eigenvalue weighted by molar-refractivity contribution is 7.88. The molecule has 3 aromatic rings. The molecule has 1 amide bonds. The van der Waals surface area contributed by atoms with E-state index in [0.717, 1.165) is 5.56 Å². The maximum absolute atomic E-state index is 12.1. The second-order valence-corrected chi connectivity index (χ2v) is 9.80. The molecule has 0 unspecified atom stereocenters. The molecule has 1 aromatic carbocycles. The third-order valence-corrected chi connectivity index (χ3v) is 6.89. The van der Waals surface area contributed by atoms with Gasteiger partial charge in [-0.15, -0.1) is 0 Å². The van der Waals surface area contributed by atoms with Crippen molar-refractivity contribution in [3.05, 3.63) is 47.5 Å². The number of nitrogens with one attached hydrogen (secondary N) is 2. The molecule has 0 radical (unpaired) electrons. The molecule has 36 heavy (non-hydrogen) atoms. The van der Waals surface area contributed by atoms with Crippen LogP contribution in [0.15, 0.2) is 36.9 Å². The summed E-state index contributed by atoms with van der Waals surface area (Å²) in [6.07, 6.45) is -2.90. The van der Waals surface area contributed by atoms with Crippen LogP contribution in [0.4, 0.5) is 10.6 Å². The molecular formula is C20H24ClN7O7S. The van der Waals surface area contributed by atoms with Crippen LogP contribution in [0.2, 0.25) is 5.02 Å². The van der Waals surface area contributed by atoms with Gasteiger partial charge in [0.2, 0.25) is 0 Å². The number of hydrogen-bond acceptors (Lipinski definition) is 11. The second-order valence-electron chi connectivity index (χ2n) is 7.90. The predicted molar refractivity (Wildman–Crippen MR) is 127 cm³/mol. The quantitative estimate of drug-likeness (QED) is 0.241. The Bertz CT molecular complexity index is 1340. The van der Waals surface area contributed by atoms with E-state index >= 15 is 0 Å². The van der Waals surface area contributed by atoms with Gasteiger partial charge in [0.05, 0.1) is 19.0 Å². The first-order chi connectivity index (χ1) is 17.2. The first-order valence-corrected chi connectivity index (χ1v) is 12.6. The number of carbonyl (C=O) groups excluding carboxylic acids is 1. The van der Waals surface area contributed by atoms with Crippen molar-refractivity contribution >= 4 is 44.9 Å². The molecule has 0 spiro atoms. The number of carbonyl (C=O) groups is 1. The molecular weight excluding hydrogens is 518 g/mol. The summed E-state index contributed by atoms with van der Waals surface area (Å²) in [6.45, 7) is -0.283. The van der Waals surface area contributed by atoms with Crippen LogP contribution in [0.1, 0.15) is 18.2 Å². The Hall–Kier alpha value is -3.08. The van der Waals surface area contributed by atoms with Gasteiger partial charge in [0.1, 0.15) is 24.1 Å². The molecule has 4 rings (SSSR count). The monoisotopic (exact) mass is 541 g/mol. The number of benzene rings is 1. The Morgan fingerprint density at radius 2 is 2.00 bits per heavy atom. The van der Waals surface area contributed by atoms with Crippen molar-refractivity contribution in [1.29, 1.82) is 0 Å². The van der Waals surface area contributed by atoms with Crippen molar-refractivity contribution < 1.29 is 32.9 Å². The van der Waals surface area contributed by atoms with Gasteiger partial charge in [0.15, 0.2) is 17.7 Å². The molecule has 4 atom stereocenters. The molecule has 1 aliphatic rings. The molecule has 6 N–H and O–H groups in total. The van der Waals surface area contributed by atoms with Crippen molar-refractivity contribution in [2.75, 3.05) is 18.9 Å². The van der Waals surface area contributed by atoms with Crippen LogP contribution < -0.4 is 15.2 Å². The Labute approximate surface area is 210 Å². The van der Waals surface area contributed by atoms with Gasteiger partial charge in [-0.25, -0.2) is 24.5 Å². The summed E-state index contributed by atoms with van der Waals surface area (Å²) in [5.74, 6) is 0.146. The SMILES string of the molecule is Nc1ncnc2c1ncn2[C@@H]1O[C@H](CCNS(=O)(=O)NC(=O)OCCc2ccccc2Cl)[C@@H](O)[C@H]1O. The summed E-state index contributed by atoms with van der Waals surface area (Å²) >= 11 is 6.03. The van der Waals surface area contributed by atoms with Crippen LogP contribution in [-0.2, 0) is 26.1 Å². The fraction of sp³-hybridized carbons (Fsp3) is 0.400. The number of nitrogen functional groups attached to an aromatic ring is 1. The highest BCUT2D eigenvalue weighted by Crippen LogP contribution is 2.33. The van der Waals surface area contributed by atoms with Gasteiger partial charge < -0.3 is 25.4 Å². The summed E-state index contributed by atoms with van der Waals surface area (Å²) in [5, 5.41) is 21.4. The van der Waals surface area contributed by atoms with Crippen LogP contribution in [0.5, 0.6) is 0 Å². The number of rotatable bonds is 9. The Morgan fingerprint density at radius 3 is 2.78 bits per heavy atom. The van der Waals surface area contributed by atoms with E-state index in [0.29, 0.717) is 22.6 Å². The average molecular weight is 542 g/mol. The number of aliphatic hydroxyl groups is 2. The lowest BCUT2D eigenvalue weighted by atomic mass is 10.1. The molecule has 1 aliphatic heterocycles. The molecule has 0 bridgehead atoms. The van der Waals surface area contributed by atoms with Crippen LogP contribution >= 0.6 is 11.6 Å². The fourth-order valence-electron chi connectivity index (χ4n) is 3.72. The minimum atomic E-state index is -4.24. The lowest BCUT2D eigenvalue weighted by Crippen LogP contribution is -2.42. The number of fused-ring (bicyclic) bond motifs is 1. The number of ether oxygens (including phenoxy) is 2. The van der Waals surface area contributed by atoms with Gasteiger partial charge in [-0.1, -0.05) is 29.8 Å². The highest BCUT2D eigenvalue weighted by Gasteiger charge is 2.44. The largest absolute Gasteiger partial charge is 0.448 e. The number of nitrogens with two attached hydrogens (primary N) is 1. The summed E-state index contributed by atoms with van der Waals surface area (Å²) in [4.78, 5) is 23.9. The molecule has 0 aliphatic carbocycles. The molecule has 1 saturated heterocycles. The molecule has 1 fully saturated rings. The lowest BCUT2D eigenvalue weighted by Gasteiger charge is -2.16. The third kappa shape index (κ3) is 5.83. The maximum Gasteiger partial charge on any atom is 0.421 e. The van der Waals surface area contributed by atoms with Crippen molar-refractivity contribution in [3.63, 3.8) is 0 Å². The van der Waals surface area contributed by atoms with E-state index in [1.54, 1.807) is 29.0 Å². The van der Waals surface area contributed by atoms with Crippen molar-refractivity contribution in [2.24, 2.45) is 0 Å². The van der Waals surface area contributed by atoms with E-state index in [2.05, 4.69) is 19.7 Å². The number of halogens is 1. The predicted octanol–water partition coefficient (Wildman–Crippen LogP) is -0.125. The number of anilines is 1. The number of aromatic nitrogens is 4. The van der Waals surface area contributed by atoms with Gasteiger partial charge in [0.25, 0.3) is 0 Å². The lowest BCUT2D eigenvalue weighted by molar-refractivity contribution is -0.0363. The minimum absolute atomic E-state index is 0.0130. The van der Waals surface area contributed by atoms with Crippen LogP contribution in [0.3, 0.4) is 0 Å². The number of nitrogens with zero attached hydrogens (tertiary/aromatic N) is 4. The van der Waals surface area contributed by atoms with E-state index in [4.69, 9.17) is 26.8 Å². The van der Waals surface area contributed by atoms with E-state index < -0.39 is 40.8 Å². The zero-order valence-electron chi connectivity index (χ0n) is 18.7. The Balaban J connectivity index is 1.25. The first kappa shape index (κ1) is 26.0. The second kappa shape index (κ2) is 10.9. The van der Waals surface area contributed by atoms with Gasteiger partial charge in [0, 0.05) is 18.0 Å². The summed E-state index contributed by atoms with van der Waals surface area (Å²) in [6, 6.07) is 7.00. The van der Waals surface area contributed by atoms with Gasteiger partial charge >= 0.3 is 16.3 Å². The van der Waals surface area contributed by atoms with Crippen molar-refractivity contribution in [3.8, 4) is 0 Å². The molecule has 14 nitrogen and oxygen atoms in total. The van der Waals surface area contributed by atoms with E-state index in [9.17, 15) is 23.4 Å². The van der Waals surface area contributed by atoms with E-state index in [1.165, 1.54) is 17.2 Å². The molecule has 0 saturated carbocycles. The normalized spacial score (nSPS) is 22.1. The zero-order chi connectivity index (χ0) is 25.9. The van der Waals surface area contributed by atoms with Crippen LogP contribution in [0, 0.1) is 0 Å². The summed E-state index contributed by atoms with van der Waals surface area (Å²) in [7, 11) is -4.24. The maximum atomic E-state index is 12.1. The van der Waals surface area contributed by atoms with E-state index in [-0.39, 0.29) is 25.4 Å². The average Bonchev–Trinajstić information content (AvgIpc) is 3.37. The van der Waals surface area contributed by atoms with Crippen LogP contribution in [-0.4, -0.2) is 75.7 Å². The minimum Gasteiger partial charge on any atom is -0.448 e. The number of aliphatic hydroxyl groups excluding tert-OH is 2. The van der Waals surface area contributed by atoms with E-state index in [1.807, 2.05) is 0 Å². The van der Waals surface area contributed by atoms with Gasteiger partial charge in [-0.2, -0.15) is 13.1 Å². The number of hydrogen-bond donors (Lipinski definition) is 5. The highest BCUT2D eigenvalue weighted by atomic mass is 35.5. The van der Waals surface area contributed by atoms with Crippen LogP contribution in [0.25, 0.3) is 11.2 Å². The topological polar surface area (TPSA) is 204 Å². The smallest absolute Gasteiger partial charge is 0.421 e. The fourth-order valence-corrected chi connectivity index (χ4v) is 4.69. The van der Waals surface area contributed by atoms with Crippen molar-refractivity contribution in [2.45, 2.75) is 37.4 Å². The zero-order valence-corrected chi connectivity index (χ0v) is 20.3. The Morgan fingerprint density at radius 1 is 1.22 bits per heavy atom. The standard InChI is InChI=1S/C20H24ClN7O7S/c21-12-4-2-1-3-11(12)6-8-34-20(31)27-36(32,33)26-7-5-13-15(29)16(30)19(35-13)28-10-25-14-17(22)23-9-24-18(14)28/h1-4,9-10,13,15-16,19,26,29-30H,5-8H2,(H,27,31)(H2,22,23,24)/t13-,15-,16-,19-/m1/s1.